The molecule has 1 amide bonds. The van der Waals surface area contributed by atoms with Crippen LogP contribution in [0.2, 0.25) is 0 Å². The predicted octanol–water partition coefficient (Wildman–Crippen LogP) is 2.96. The summed E-state index contributed by atoms with van der Waals surface area (Å²) in [6.07, 6.45) is 12.5. The Morgan fingerprint density at radius 1 is 0.941 bits per heavy atom. The molecule has 0 radical (unpaired) electrons. The smallest absolute Gasteiger partial charge is 0.216 e. The molecule has 1 saturated heterocycles. The lowest BCUT2D eigenvalue weighted by atomic mass is 9.99. The average molecular weight is 488 g/mol. The van der Waals surface area contributed by atoms with Crippen molar-refractivity contribution in [3.8, 4) is 0 Å². The number of amides is 1. The summed E-state index contributed by atoms with van der Waals surface area (Å²) in [4.78, 5) is 11.1. The van der Waals surface area contributed by atoms with Crippen molar-refractivity contribution >= 4 is 5.91 Å². The van der Waals surface area contributed by atoms with Gasteiger partial charge in [0.05, 0.1) is 12.7 Å². The molecule has 0 aromatic rings. The number of ether oxygens (including phenoxy) is 2. The highest BCUT2D eigenvalue weighted by Gasteiger charge is 2.44. The fraction of sp³-hybridized carbons (Fsp3) is 0.885. The Hall–Kier alpha value is -1.03. The zero-order valence-corrected chi connectivity index (χ0v) is 21.2. The van der Waals surface area contributed by atoms with Crippen LogP contribution in [0.1, 0.15) is 97.3 Å². The highest BCUT2D eigenvalue weighted by Crippen LogP contribution is 2.22. The molecule has 0 spiro atoms. The second-order valence-electron chi connectivity index (χ2n) is 9.43. The van der Waals surface area contributed by atoms with Crippen LogP contribution < -0.4 is 5.32 Å². The summed E-state index contributed by atoms with van der Waals surface area (Å²) >= 11 is 0. The highest BCUT2D eigenvalue weighted by atomic mass is 16.7. The number of aliphatic hydroxyl groups is 4. The molecule has 8 nitrogen and oxygen atoms in total. The summed E-state index contributed by atoms with van der Waals surface area (Å²) < 4.78 is 11.0. The van der Waals surface area contributed by atoms with Crippen molar-refractivity contribution in [1.29, 1.82) is 0 Å². The molecular weight excluding hydrogens is 438 g/mol. The van der Waals surface area contributed by atoms with Crippen LogP contribution in [0.5, 0.6) is 0 Å². The minimum absolute atomic E-state index is 0.00937. The van der Waals surface area contributed by atoms with Gasteiger partial charge in [0.25, 0.3) is 0 Å². The van der Waals surface area contributed by atoms with Gasteiger partial charge in [-0.25, -0.2) is 0 Å². The number of hydrogen-bond acceptors (Lipinski definition) is 7. The van der Waals surface area contributed by atoms with Gasteiger partial charge >= 0.3 is 0 Å². The Bertz CT molecular complexity index is 545. The molecule has 1 rings (SSSR count). The Balaban J connectivity index is 2.10. The van der Waals surface area contributed by atoms with Crippen molar-refractivity contribution in [3.63, 3.8) is 0 Å². The predicted molar refractivity (Wildman–Crippen MR) is 132 cm³/mol. The van der Waals surface area contributed by atoms with E-state index in [2.05, 4.69) is 12.2 Å². The lowest BCUT2D eigenvalue weighted by Crippen LogP contribution is -2.60. The number of rotatable bonds is 19. The number of unbranched alkanes of at least 4 members (excludes halogenated alkanes) is 11. The van der Waals surface area contributed by atoms with Crippen LogP contribution in [0, 0.1) is 0 Å². The SMILES string of the molecule is CCCCCCCCCCCCCC=CC(O)CCOC1OC(CNC(C)=O)C(O)C(O)C1O. The van der Waals surface area contributed by atoms with Gasteiger partial charge in [-0.2, -0.15) is 0 Å². The van der Waals surface area contributed by atoms with Crippen LogP contribution in [-0.4, -0.2) is 76.3 Å². The summed E-state index contributed by atoms with van der Waals surface area (Å²) in [5, 5.41) is 42.7. The van der Waals surface area contributed by atoms with E-state index in [4.69, 9.17) is 9.47 Å². The Labute approximate surface area is 205 Å². The van der Waals surface area contributed by atoms with Gasteiger partial charge in [0.15, 0.2) is 6.29 Å². The summed E-state index contributed by atoms with van der Waals surface area (Å²) in [6.45, 7) is 3.68. The maximum Gasteiger partial charge on any atom is 0.216 e. The van der Waals surface area contributed by atoms with Crippen LogP contribution in [-0.2, 0) is 14.3 Å². The molecule has 1 aliphatic heterocycles. The summed E-state index contributed by atoms with van der Waals surface area (Å²) in [5.41, 5.74) is 0. The lowest BCUT2D eigenvalue weighted by molar-refractivity contribution is -0.295. The molecule has 1 heterocycles. The maximum absolute atomic E-state index is 11.1. The van der Waals surface area contributed by atoms with Gasteiger partial charge in [0.2, 0.25) is 5.91 Å². The van der Waals surface area contributed by atoms with Gasteiger partial charge in [0, 0.05) is 19.9 Å². The van der Waals surface area contributed by atoms with Crippen LogP contribution in [0.25, 0.3) is 0 Å². The van der Waals surface area contributed by atoms with Crippen LogP contribution >= 0.6 is 0 Å². The van der Waals surface area contributed by atoms with Crippen LogP contribution in [0.3, 0.4) is 0 Å². The first-order valence-corrected chi connectivity index (χ1v) is 13.3. The van der Waals surface area contributed by atoms with E-state index < -0.39 is 36.8 Å². The number of hydrogen-bond donors (Lipinski definition) is 5. The molecule has 0 aromatic carbocycles. The first-order valence-electron chi connectivity index (χ1n) is 13.3. The van der Waals surface area contributed by atoms with Crippen LogP contribution in [0.4, 0.5) is 0 Å². The minimum atomic E-state index is -1.45. The summed E-state index contributed by atoms with van der Waals surface area (Å²) in [6, 6.07) is 0. The molecule has 0 saturated carbocycles. The van der Waals surface area contributed by atoms with E-state index in [0.29, 0.717) is 6.42 Å². The zero-order valence-electron chi connectivity index (χ0n) is 21.2. The first-order chi connectivity index (χ1) is 16.4. The molecule has 1 fully saturated rings. The normalized spacial score (nSPS) is 26.1. The summed E-state index contributed by atoms with van der Waals surface area (Å²) in [7, 11) is 0. The molecule has 200 valence electrons. The first kappa shape index (κ1) is 31.0. The summed E-state index contributed by atoms with van der Waals surface area (Å²) in [5.74, 6) is -0.294. The third-order valence-corrected chi connectivity index (χ3v) is 6.25. The van der Waals surface area contributed by atoms with E-state index in [1.54, 1.807) is 6.08 Å². The van der Waals surface area contributed by atoms with E-state index in [-0.39, 0.29) is 19.1 Å². The van der Waals surface area contributed by atoms with E-state index in [1.807, 2.05) is 6.08 Å². The van der Waals surface area contributed by atoms with E-state index >= 15 is 0 Å². The minimum Gasteiger partial charge on any atom is -0.389 e. The van der Waals surface area contributed by atoms with E-state index in [9.17, 15) is 25.2 Å². The van der Waals surface area contributed by atoms with Gasteiger partial charge in [-0.05, 0) is 12.8 Å². The fourth-order valence-electron chi connectivity index (χ4n) is 4.05. The Morgan fingerprint density at radius 3 is 2.12 bits per heavy atom. The number of carbonyl (C=O) groups excluding carboxylic acids is 1. The number of carbonyl (C=O) groups is 1. The van der Waals surface area contributed by atoms with Crippen molar-refractivity contribution in [2.75, 3.05) is 13.2 Å². The van der Waals surface area contributed by atoms with Crippen molar-refractivity contribution in [2.45, 2.75) is 134 Å². The quantitative estimate of drug-likeness (QED) is 0.140. The van der Waals surface area contributed by atoms with Crippen molar-refractivity contribution in [3.05, 3.63) is 12.2 Å². The second kappa shape index (κ2) is 19.2. The molecule has 1 aliphatic rings. The number of allylic oxidation sites excluding steroid dienone is 1. The highest BCUT2D eigenvalue weighted by molar-refractivity contribution is 5.72. The number of aliphatic hydroxyl groups excluding tert-OH is 4. The zero-order chi connectivity index (χ0) is 25.2. The van der Waals surface area contributed by atoms with Crippen molar-refractivity contribution < 1.29 is 34.7 Å². The van der Waals surface area contributed by atoms with Gasteiger partial charge in [-0.1, -0.05) is 83.3 Å². The molecule has 0 aliphatic carbocycles. The molecule has 6 unspecified atom stereocenters. The topological polar surface area (TPSA) is 128 Å². The van der Waals surface area contributed by atoms with Crippen molar-refractivity contribution in [2.24, 2.45) is 0 Å². The van der Waals surface area contributed by atoms with Crippen LogP contribution in [0.15, 0.2) is 12.2 Å². The van der Waals surface area contributed by atoms with Gasteiger partial charge in [-0.3, -0.25) is 4.79 Å². The molecule has 8 heteroatoms. The second-order valence-corrected chi connectivity index (χ2v) is 9.43. The Morgan fingerprint density at radius 2 is 1.53 bits per heavy atom. The Kier molecular flexibility index (Phi) is 17.5. The molecule has 0 aromatic heterocycles. The average Bonchev–Trinajstić information content (AvgIpc) is 2.81. The fourth-order valence-corrected chi connectivity index (χ4v) is 4.05. The molecule has 0 bridgehead atoms. The monoisotopic (exact) mass is 487 g/mol. The standard InChI is InChI=1S/C26H49NO7/c1-3-4-5-6-7-8-9-10-11-12-13-14-15-16-21(29)17-18-33-26-25(32)24(31)23(30)22(34-26)19-27-20(2)28/h15-16,21-26,29-32H,3-14,17-19H2,1-2H3,(H,27,28). The molecule has 5 N–H and O–H groups in total. The number of nitrogens with one attached hydrogen (secondary N) is 1. The molecule has 34 heavy (non-hydrogen) atoms. The van der Waals surface area contributed by atoms with Crippen molar-refractivity contribution in [1.82, 2.24) is 5.32 Å². The third kappa shape index (κ3) is 13.8. The van der Waals surface area contributed by atoms with E-state index in [1.165, 1.54) is 71.1 Å². The van der Waals surface area contributed by atoms with E-state index in [0.717, 1.165) is 12.8 Å². The van der Waals surface area contributed by atoms with Gasteiger partial charge < -0.3 is 35.2 Å². The molecule has 6 atom stereocenters. The lowest BCUT2D eigenvalue weighted by Gasteiger charge is -2.40. The third-order valence-electron chi connectivity index (χ3n) is 6.25. The maximum atomic E-state index is 11.1. The molecular formula is C26H49NO7. The van der Waals surface area contributed by atoms with Gasteiger partial charge in [0.1, 0.15) is 24.4 Å². The largest absolute Gasteiger partial charge is 0.389 e. The van der Waals surface area contributed by atoms with Gasteiger partial charge in [-0.15, -0.1) is 0 Å².